The number of aromatic amines is 1. The van der Waals surface area contributed by atoms with Crippen molar-refractivity contribution in [2.24, 2.45) is 0 Å². The Bertz CT molecular complexity index is 407. The maximum Gasteiger partial charge on any atom is 0.276 e. The number of H-pyrrole nitrogens is 1. The summed E-state index contributed by atoms with van der Waals surface area (Å²) in [5.41, 5.74) is 0.105. The van der Waals surface area contributed by atoms with E-state index in [1.807, 2.05) is 13.8 Å². The second-order valence-corrected chi connectivity index (χ2v) is 4.55. The van der Waals surface area contributed by atoms with Gasteiger partial charge in [-0.15, -0.1) is 12.6 Å². The Morgan fingerprint density at radius 1 is 1.65 bits per heavy atom. The largest absolute Gasteiger partial charge is 0.377 e. The van der Waals surface area contributed by atoms with E-state index in [0.717, 1.165) is 0 Å². The van der Waals surface area contributed by atoms with Crippen molar-refractivity contribution in [1.82, 2.24) is 14.9 Å². The number of amides is 1. The normalized spacial score (nSPS) is 19.4. The number of imidazole rings is 1. The van der Waals surface area contributed by atoms with E-state index in [0.29, 0.717) is 24.7 Å². The highest BCUT2D eigenvalue weighted by Crippen LogP contribution is 2.22. The van der Waals surface area contributed by atoms with Gasteiger partial charge in [0.2, 0.25) is 0 Å². The van der Waals surface area contributed by atoms with E-state index < -0.39 is 0 Å². The Labute approximate surface area is 105 Å². The first-order chi connectivity index (χ1) is 8.09. The van der Waals surface area contributed by atoms with Crippen LogP contribution in [0.2, 0.25) is 0 Å². The van der Waals surface area contributed by atoms with Gasteiger partial charge in [0.05, 0.1) is 19.0 Å². The Morgan fingerprint density at radius 2 is 2.41 bits per heavy atom. The summed E-state index contributed by atoms with van der Waals surface area (Å²) in [7, 11) is 0. The molecule has 2 N–H and O–H groups in total. The SMILES string of the molecule is CC(C)OCCN1C(=O)c2[nH]cnc2NC1S. The number of hydrogen-bond donors (Lipinski definition) is 3. The molecule has 1 unspecified atom stereocenters. The van der Waals surface area contributed by atoms with E-state index in [1.54, 1.807) is 4.90 Å². The zero-order valence-electron chi connectivity index (χ0n) is 9.80. The highest BCUT2D eigenvalue weighted by atomic mass is 32.1. The molecule has 0 spiro atoms. The summed E-state index contributed by atoms with van der Waals surface area (Å²) in [6.45, 7) is 4.91. The molecular weight excluding hydrogens is 240 g/mol. The number of fused-ring (bicyclic) bond motifs is 1. The number of nitrogens with one attached hydrogen (secondary N) is 2. The second-order valence-electron chi connectivity index (χ2n) is 4.06. The molecule has 0 aliphatic carbocycles. The lowest BCUT2D eigenvalue weighted by molar-refractivity contribution is 0.0465. The van der Waals surface area contributed by atoms with Crippen LogP contribution in [0.25, 0.3) is 0 Å². The number of carbonyl (C=O) groups is 1. The van der Waals surface area contributed by atoms with E-state index in [2.05, 4.69) is 27.9 Å². The molecule has 1 aromatic heterocycles. The molecule has 0 fully saturated rings. The molecule has 6 nitrogen and oxygen atoms in total. The molecule has 2 rings (SSSR count). The van der Waals surface area contributed by atoms with Gasteiger partial charge in [-0.05, 0) is 13.8 Å². The summed E-state index contributed by atoms with van der Waals surface area (Å²) in [6, 6.07) is 0. The quantitative estimate of drug-likeness (QED) is 0.701. The number of rotatable bonds is 4. The maximum absolute atomic E-state index is 12.1. The third kappa shape index (κ3) is 2.55. The summed E-state index contributed by atoms with van der Waals surface area (Å²) in [5.74, 6) is 0.444. The minimum absolute atomic E-state index is 0.108. The molecule has 0 radical (unpaired) electrons. The molecule has 17 heavy (non-hydrogen) atoms. The summed E-state index contributed by atoms with van der Waals surface area (Å²) in [4.78, 5) is 20.5. The maximum atomic E-state index is 12.1. The van der Waals surface area contributed by atoms with Crippen LogP contribution in [0.1, 0.15) is 24.3 Å². The average Bonchev–Trinajstić information content (AvgIpc) is 2.70. The van der Waals surface area contributed by atoms with Gasteiger partial charge in [-0.3, -0.25) is 4.79 Å². The Balaban J connectivity index is 2.01. The highest BCUT2D eigenvalue weighted by molar-refractivity contribution is 7.81. The van der Waals surface area contributed by atoms with E-state index in [1.165, 1.54) is 6.33 Å². The van der Waals surface area contributed by atoms with E-state index in [-0.39, 0.29) is 17.5 Å². The standard InChI is InChI=1S/C10H16N4O2S/c1-6(2)16-4-3-14-9(15)7-8(12-5-11-7)13-10(14)17/h5-6,10,13,17H,3-4H2,1-2H3,(H,11,12). The fraction of sp³-hybridized carbons (Fsp3) is 0.600. The number of ether oxygens (including phenoxy) is 1. The lowest BCUT2D eigenvalue weighted by Crippen LogP contribution is -2.47. The van der Waals surface area contributed by atoms with E-state index in [4.69, 9.17) is 4.74 Å². The fourth-order valence-electron chi connectivity index (χ4n) is 1.63. The first-order valence-electron chi connectivity index (χ1n) is 5.50. The molecule has 1 atom stereocenters. The van der Waals surface area contributed by atoms with Gasteiger partial charge in [0.25, 0.3) is 5.91 Å². The fourth-order valence-corrected chi connectivity index (χ4v) is 1.97. The summed E-state index contributed by atoms with van der Waals surface area (Å²) in [5, 5.41) is 3.03. The molecule has 0 bridgehead atoms. The predicted octanol–water partition coefficient (Wildman–Crippen LogP) is 0.916. The van der Waals surface area contributed by atoms with Crippen LogP contribution in [-0.2, 0) is 4.74 Å². The lowest BCUT2D eigenvalue weighted by Gasteiger charge is -2.32. The molecule has 1 aliphatic rings. The highest BCUT2D eigenvalue weighted by Gasteiger charge is 2.31. The van der Waals surface area contributed by atoms with Crippen LogP contribution in [0, 0.1) is 0 Å². The number of carbonyl (C=O) groups excluding carboxylic acids is 1. The first-order valence-corrected chi connectivity index (χ1v) is 6.01. The molecule has 0 saturated carbocycles. The Kier molecular flexibility index (Phi) is 3.58. The minimum Gasteiger partial charge on any atom is -0.377 e. The average molecular weight is 256 g/mol. The molecule has 7 heteroatoms. The lowest BCUT2D eigenvalue weighted by atomic mass is 10.3. The van der Waals surface area contributed by atoms with Crippen LogP contribution in [0.15, 0.2) is 6.33 Å². The molecule has 1 aromatic rings. The third-order valence-electron chi connectivity index (χ3n) is 2.46. The van der Waals surface area contributed by atoms with E-state index in [9.17, 15) is 4.79 Å². The van der Waals surface area contributed by atoms with Gasteiger partial charge >= 0.3 is 0 Å². The Hall–Kier alpha value is -1.21. The van der Waals surface area contributed by atoms with Crippen molar-refractivity contribution < 1.29 is 9.53 Å². The number of nitrogens with zero attached hydrogens (tertiary/aromatic N) is 2. The zero-order valence-corrected chi connectivity index (χ0v) is 10.7. The summed E-state index contributed by atoms with van der Waals surface area (Å²) in [6.07, 6.45) is 1.65. The van der Waals surface area contributed by atoms with Crippen molar-refractivity contribution >= 4 is 24.4 Å². The van der Waals surface area contributed by atoms with Crippen LogP contribution in [0.3, 0.4) is 0 Å². The molecular formula is C10H16N4O2S. The molecule has 1 amide bonds. The summed E-state index contributed by atoms with van der Waals surface area (Å²) < 4.78 is 5.43. The van der Waals surface area contributed by atoms with Crippen LogP contribution in [0.5, 0.6) is 0 Å². The van der Waals surface area contributed by atoms with Gasteiger partial charge in [0.15, 0.2) is 5.82 Å². The van der Waals surface area contributed by atoms with Gasteiger partial charge in [0, 0.05) is 6.54 Å². The van der Waals surface area contributed by atoms with Gasteiger partial charge in [0.1, 0.15) is 11.2 Å². The second kappa shape index (κ2) is 4.97. The number of hydrogen-bond acceptors (Lipinski definition) is 5. The monoisotopic (exact) mass is 256 g/mol. The topological polar surface area (TPSA) is 70.2 Å². The van der Waals surface area contributed by atoms with Crippen LogP contribution in [0.4, 0.5) is 5.82 Å². The van der Waals surface area contributed by atoms with Gasteiger partial charge in [-0.1, -0.05) is 0 Å². The minimum atomic E-state index is -0.367. The van der Waals surface area contributed by atoms with Crippen molar-refractivity contribution in [2.75, 3.05) is 18.5 Å². The Morgan fingerprint density at radius 3 is 3.12 bits per heavy atom. The van der Waals surface area contributed by atoms with Crippen molar-refractivity contribution in [2.45, 2.75) is 25.4 Å². The number of anilines is 1. The number of aromatic nitrogens is 2. The number of thiol groups is 1. The smallest absolute Gasteiger partial charge is 0.276 e. The first kappa shape index (κ1) is 12.3. The zero-order chi connectivity index (χ0) is 12.4. The van der Waals surface area contributed by atoms with Gasteiger partial charge < -0.3 is 19.9 Å². The molecule has 94 valence electrons. The van der Waals surface area contributed by atoms with Crippen molar-refractivity contribution in [3.05, 3.63) is 12.0 Å². The van der Waals surface area contributed by atoms with Crippen LogP contribution >= 0.6 is 12.6 Å². The molecule has 0 saturated heterocycles. The van der Waals surface area contributed by atoms with Crippen molar-refractivity contribution in [1.29, 1.82) is 0 Å². The van der Waals surface area contributed by atoms with Crippen LogP contribution < -0.4 is 5.32 Å². The van der Waals surface area contributed by atoms with E-state index >= 15 is 0 Å². The molecule has 1 aliphatic heterocycles. The van der Waals surface area contributed by atoms with Crippen LogP contribution in [-0.4, -0.2) is 45.5 Å². The van der Waals surface area contributed by atoms with Gasteiger partial charge in [-0.25, -0.2) is 4.98 Å². The predicted molar refractivity (Wildman–Crippen MR) is 67.1 cm³/mol. The third-order valence-corrected chi connectivity index (χ3v) is 2.87. The summed E-state index contributed by atoms with van der Waals surface area (Å²) >= 11 is 4.32. The molecule has 0 aromatic carbocycles. The molecule has 2 heterocycles. The van der Waals surface area contributed by atoms with Crippen molar-refractivity contribution in [3.63, 3.8) is 0 Å². The van der Waals surface area contributed by atoms with Crippen molar-refractivity contribution in [3.8, 4) is 0 Å². The van der Waals surface area contributed by atoms with Gasteiger partial charge in [-0.2, -0.15) is 0 Å².